The Hall–Kier alpha value is -4.56. The van der Waals surface area contributed by atoms with E-state index in [1.165, 1.54) is 44.5 Å². The van der Waals surface area contributed by atoms with E-state index in [0.29, 0.717) is 0 Å². The van der Waals surface area contributed by atoms with Crippen molar-refractivity contribution in [1.82, 2.24) is 9.97 Å². The molecule has 0 atom stereocenters. The zero-order chi connectivity index (χ0) is 27.2. The smallest absolute Gasteiger partial charge is 0.160 e. The Balaban J connectivity index is 1.36. The van der Waals surface area contributed by atoms with E-state index in [0.717, 1.165) is 33.5 Å². The molecule has 40 heavy (non-hydrogen) atoms. The zero-order valence-electron chi connectivity index (χ0n) is 23.3. The van der Waals surface area contributed by atoms with E-state index in [2.05, 4.69) is 137 Å². The van der Waals surface area contributed by atoms with Crippen LogP contribution in [0.2, 0.25) is 0 Å². The van der Waals surface area contributed by atoms with Gasteiger partial charge in [-0.1, -0.05) is 125 Å². The topological polar surface area (TPSA) is 25.8 Å². The van der Waals surface area contributed by atoms with Crippen LogP contribution in [0.5, 0.6) is 0 Å². The molecule has 0 spiro atoms. The third-order valence-corrected chi connectivity index (χ3v) is 9.28. The molecule has 0 amide bonds. The molecule has 0 radical (unpaired) electrons. The van der Waals surface area contributed by atoms with Crippen LogP contribution < -0.4 is 0 Å². The van der Waals surface area contributed by atoms with Gasteiger partial charge >= 0.3 is 0 Å². The van der Waals surface area contributed by atoms with Gasteiger partial charge in [-0.25, -0.2) is 9.97 Å². The Morgan fingerprint density at radius 3 is 1.88 bits per heavy atom. The molecule has 2 aliphatic carbocycles. The van der Waals surface area contributed by atoms with E-state index in [4.69, 9.17) is 9.97 Å². The normalized spacial score (nSPS) is 15.4. The summed E-state index contributed by atoms with van der Waals surface area (Å²) in [6.07, 6.45) is 0. The molecule has 0 saturated heterocycles. The van der Waals surface area contributed by atoms with Crippen molar-refractivity contribution in [3.05, 3.63) is 131 Å². The van der Waals surface area contributed by atoms with Crippen molar-refractivity contribution in [3.63, 3.8) is 0 Å². The lowest BCUT2D eigenvalue weighted by molar-refractivity contribution is 0.660. The van der Waals surface area contributed by atoms with E-state index in [1.54, 1.807) is 0 Å². The SMILES string of the molecule is CC1(C)c2ccccc2-c2ccc(-c3nc(-c4cccc5c4C(C)(C)c4ccccc4-5)nc4ccccc34)cc21. The predicted octanol–water partition coefficient (Wildman–Crippen LogP) is 9.58. The quantitative estimate of drug-likeness (QED) is 0.230. The lowest BCUT2D eigenvalue weighted by Gasteiger charge is -2.24. The highest BCUT2D eigenvalue weighted by Crippen LogP contribution is 2.52. The Labute approximate surface area is 235 Å². The second-order valence-corrected chi connectivity index (χ2v) is 12.2. The standard InChI is InChI=1S/C38H30N2/c1-37(2)30-17-8-5-12-24(30)26-21-20-23(22-32(26)37)35-28-14-7-10-19-33(28)39-36(40-35)29-16-11-15-27-25-13-6-9-18-31(25)38(3,4)34(27)29/h5-22H,1-4H3. The average Bonchev–Trinajstić information content (AvgIpc) is 3.36. The summed E-state index contributed by atoms with van der Waals surface area (Å²) in [5, 5.41) is 1.08. The Bertz CT molecular complexity index is 2010. The van der Waals surface area contributed by atoms with Crippen molar-refractivity contribution in [2.24, 2.45) is 0 Å². The molecule has 6 aromatic rings. The highest BCUT2D eigenvalue weighted by molar-refractivity contribution is 5.96. The number of benzene rings is 5. The van der Waals surface area contributed by atoms with Crippen molar-refractivity contribution in [3.8, 4) is 44.9 Å². The highest BCUT2D eigenvalue weighted by atomic mass is 14.9. The van der Waals surface area contributed by atoms with E-state index >= 15 is 0 Å². The molecule has 0 unspecified atom stereocenters. The summed E-state index contributed by atoms with van der Waals surface area (Å²) in [5.74, 6) is 0.787. The van der Waals surface area contributed by atoms with Crippen molar-refractivity contribution in [2.75, 3.05) is 0 Å². The molecule has 0 fully saturated rings. The molecule has 0 N–H and O–H groups in total. The van der Waals surface area contributed by atoms with Gasteiger partial charge in [0.1, 0.15) is 0 Å². The summed E-state index contributed by atoms with van der Waals surface area (Å²) >= 11 is 0. The fourth-order valence-corrected chi connectivity index (χ4v) is 7.30. The maximum absolute atomic E-state index is 5.36. The van der Waals surface area contributed by atoms with Gasteiger partial charge in [0.25, 0.3) is 0 Å². The first-order chi connectivity index (χ1) is 19.4. The van der Waals surface area contributed by atoms with Gasteiger partial charge in [-0.3, -0.25) is 0 Å². The fourth-order valence-electron chi connectivity index (χ4n) is 7.30. The van der Waals surface area contributed by atoms with Crippen molar-refractivity contribution in [1.29, 1.82) is 0 Å². The van der Waals surface area contributed by atoms with Crippen LogP contribution in [0.1, 0.15) is 49.9 Å². The van der Waals surface area contributed by atoms with E-state index in [-0.39, 0.29) is 10.8 Å². The summed E-state index contributed by atoms with van der Waals surface area (Å²) in [7, 11) is 0. The average molecular weight is 515 g/mol. The number of fused-ring (bicyclic) bond motifs is 7. The number of hydrogen-bond acceptors (Lipinski definition) is 2. The maximum atomic E-state index is 5.36. The molecular weight excluding hydrogens is 484 g/mol. The number of hydrogen-bond donors (Lipinski definition) is 0. The molecule has 1 aromatic heterocycles. The van der Waals surface area contributed by atoms with Gasteiger partial charge in [0.15, 0.2) is 5.82 Å². The molecule has 2 nitrogen and oxygen atoms in total. The molecule has 2 aliphatic rings. The lowest BCUT2D eigenvalue weighted by Crippen LogP contribution is -2.16. The van der Waals surface area contributed by atoms with Crippen LogP contribution in [0.4, 0.5) is 0 Å². The highest BCUT2D eigenvalue weighted by Gasteiger charge is 2.38. The number of rotatable bonds is 2. The minimum atomic E-state index is -0.138. The molecule has 1 heterocycles. The van der Waals surface area contributed by atoms with Gasteiger partial charge in [0.2, 0.25) is 0 Å². The monoisotopic (exact) mass is 514 g/mol. The molecule has 8 rings (SSSR count). The third-order valence-electron chi connectivity index (χ3n) is 9.28. The fraction of sp³-hybridized carbons (Fsp3) is 0.158. The van der Waals surface area contributed by atoms with Gasteiger partial charge in [0, 0.05) is 27.3 Å². The minimum absolute atomic E-state index is 0.0658. The zero-order valence-corrected chi connectivity index (χ0v) is 23.3. The summed E-state index contributed by atoms with van der Waals surface area (Å²) in [5.41, 5.74) is 14.7. The first kappa shape index (κ1) is 23.3. The summed E-state index contributed by atoms with van der Waals surface area (Å²) in [4.78, 5) is 10.5. The molecule has 0 aliphatic heterocycles. The number of para-hydroxylation sites is 1. The molecule has 0 bridgehead atoms. The van der Waals surface area contributed by atoms with Crippen LogP contribution >= 0.6 is 0 Å². The van der Waals surface area contributed by atoms with Gasteiger partial charge in [0.05, 0.1) is 11.2 Å². The summed E-state index contributed by atoms with van der Waals surface area (Å²) in [6, 6.07) is 39.5. The maximum Gasteiger partial charge on any atom is 0.160 e. The van der Waals surface area contributed by atoms with E-state index in [9.17, 15) is 0 Å². The summed E-state index contributed by atoms with van der Waals surface area (Å²) in [6.45, 7) is 9.31. The Morgan fingerprint density at radius 2 is 1.07 bits per heavy atom. The molecule has 5 aromatic carbocycles. The first-order valence-corrected chi connectivity index (χ1v) is 14.1. The Morgan fingerprint density at radius 1 is 0.475 bits per heavy atom. The van der Waals surface area contributed by atoms with Crippen LogP contribution in [0.3, 0.4) is 0 Å². The van der Waals surface area contributed by atoms with Gasteiger partial charge in [-0.05, 0) is 56.6 Å². The van der Waals surface area contributed by atoms with Crippen LogP contribution in [0.25, 0.3) is 55.8 Å². The third kappa shape index (κ3) is 3.05. The van der Waals surface area contributed by atoms with Crippen LogP contribution in [-0.2, 0) is 10.8 Å². The largest absolute Gasteiger partial charge is 0.228 e. The van der Waals surface area contributed by atoms with Crippen LogP contribution in [0, 0.1) is 0 Å². The molecular formula is C38H30N2. The van der Waals surface area contributed by atoms with Gasteiger partial charge in [-0.2, -0.15) is 0 Å². The van der Waals surface area contributed by atoms with Crippen LogP contribution in [-0.4, -0.2) is 9.97 Å². The lowest BCUT2D eigenvalue weighted by atomic mass is 9.80. The van der Waals surface area contributed by atoms with Crippen LogP contribution in [0.15, 0.2) is 109 Å². The molecule has 0 saturated carbocycles. The number of nitrogens with zero attached hydrogens (tertiary/aromatic N) is 2. The van der Waals surface area contributed by atoms with Gasteiger partial charge in [-0.15, -0.1) is 0 Å². The van der Waals surface area contributed by atoms with E-state index < -0.39 is 0 Å². The summed E-state index contributed by atoms with van der Waals surface area (Å²) < 4.78 is 0. The second kappa shape index (κ2) is 7.99. The minimum Gasteiger partial charge on any atom is -0.228 e. The molecule has 192 valence electrons. The predicted molar refractivity (Wildman–Crippen MR) is 166 cm³/mol. The Kier molecular flexibility index (Phi) is 4.66. The van der Waals surface area contributed by atoms with Crippen molar-refractivity contribution in [2.45, 2.75) is 38.5 Å². The number of aromatic nitrogens is 2. The van der Waals surface area contributed by atoms with E-state index in [1.807, 2.05) is 0 Å². The second-order valence-electron chi connectivity index (χ2n) is 12.2. The van der Waals surface area contributed by atoms with Gasteiger partial charge < -0.3 is 0 Å². The van der Waals surface area contributed by atoms with Crippen molar-refractivity contribution >= 4 is 10.9 Å². The first-order valence-electron chi connectivity index (χ1n) is 14.1. The van der Waals surface area contributed by atoms with Crippen molar-refractivity contribution < 1.29 is 0 Å². The molecule has 2 heteroatoms.